The van der Waals surface area contributed by atoms with Gasteiger partial charge >= 0.3 is 0 Å². The minimum Gasteiger partial charge on any atom is -0.507 e. The maximum absolute atomic E-state index is 13.3. The molecule has 1 fully saturated rings. The molecule has 34 heavy (non-hydrogen) atoms. The van der Waals surface area contributed by atoms with Gasteiger partial charge in [-0.3, -0.25) is 14.6 Å². The van der Waals surface area contributed by atoms with Crippen LogP contribution in [0, 0.1) is 0 Å². The quantitative estimate of drug-likeness (QED) is 0.358. The highest BCUT2D eigenvalue weighted by Crippen LogP contribution is 2.41. The molecule has 3 rings (SSSR count). The van der Waals surface area contributed by atoms with Gasteiger partial charge in [0.05, 0.1) is 24.3 Å². The first-order valence-electron chi connectivity index (χ1n) is 11.7. The van der Waals surface area contributed by atoms with Gasteiger partial charge in [0.25, 0.3) is 11.7 Å². The van der Waals surface area contributed by atoms with E-state index in [1.54, 1.807) is 29.4 Å². The zero-order valence-electron chi connectivity index (χ0n) is 21.0. The lowest BCUT2D eigenvalue weighted by Gasteiger charge is -2.28. The second-order valence-electron chi connectivity index (χ2n) is 9.47. The van der Waals surface area contributed by atoms with Crippen molar-refractivity contribution in [2.24, 2.45) is 0 Å². The molecule has 1 aromatic heterocycles. The number of benzene rings is 1. The predicted octanol–water partition coefficient (Wildman–Crippen LogP) is 4.15. The summed E-state index contributed by atoms with van der Waals surface area (Å²) in [4.78, 5) is 34.4. The SMILES string of the molecule is CCN(CC)CCN1C(=O)C(=O)/C(=C(/O)c2cc(C(C)(C)C)ccc2OC)C1c1cccnc1. The van der Waals surface area contributed by atoms with E-state index in [4.69, 9.17) is 4.74 Å². The number of likely N-dealkylation sites (tertiary alicyclic amines) is 1. The molecule has 1 aromatic carbocycles. The van der Waals surface area contributed by atoms with Gasteiger partial charge in [0.15, 0.2) is 0 Å². The van der Waals surface area contributed by atoms with Crippen LogP contribution in [0.2, 0.25) is 0 Å². The molecule has 182 valence electrons. The molecule has 0 bridgehead atoms. The third kappa shape index (κ3) is 4.99. The van der Waals surface area contributed by atoms with E-state index in [0.717, 1.165) is 18.7 Å². The van der Waals surface area contributed by atoms with Crippen molar-refractivity contribution >= 4 is 17.4 Å². The summed E-state index contributed by atoms with van der Waals surface area (Å²) in [5.41, 5.74) is 1.92. The van der Waals surface area contributed by atoms with Gasteiger partial charge in [0, 0.05) is 25.5 Å². The van der Waals surface area contributed by atoms with Gasteiger partial charge in [0.2, 0.25) is 0 Å². The first-order chi connectivity index (χ1) is 16.1. The number of pyridine rings is 1. The van der Waals surface area contributed by atoms with Crippen LogP contribution in [0.25, 0.3) is 5.76 Å². The number of Topliss-reactive ketones (excluding diaryl/α,β-unsaturated/α-hetero) is 1. The highest BCUT2D eigenvalue weighted by Gasteiger charge is 2.46. The third-order valence-corrected chi connectivity index (χ3v) is 6.41. The van der Waals surface area contributed by atoms with Crippen molar-refractivity contribution in [3.05, 3.63) is 65.0 Å². The monoisotopic (exact) mass is 465 g/mol. The van der Waals surface area contributed by atoms with Crippen LogP contribution in [0.1, 0.15) is 57.4 Å². The summed E-state index contributed by atoms with van der Waals surface area (Å²) >= 11 is 0. The molecule has 1 saturated heterocycles. The summed E-state index contributed by atoms with van der Waals surface area (Å²) in [6.07, 6.45) is 3.28. The molecule has 1 aliphatic rings. The van der Waals surface area contributed by atoms with Gasteiger partial charge in [0.1, 0.15) is 11.5 Å². The maximum Gasteiger partial charge on any atom is 0.295 e. The fraction of sp³-hybridized carbons (Fsp3) is 0.444. The predicted molar refractivity (Wildman–Crippen MR) is 133 cm³/mol. The fourth-order valence-electron chi connectivity index (χ4n) is 4.29. The Morgan fingerprint density at radius 3 is 2.44 bits per heavy atom. The van der Waals surface area contributed by atoms with Crippen LogP contribution in [0.4, 0.5) is 0 Å². The average molecular weight is 466 g/mol. The van der Waals surface area contributed by atoms with E-state index in [2.05, 4.69) is 44.5 Å². The van der Waals surface area contributed by atoms with Crippen LogP contribution in [0.15, 0.2) is 48.3 Å². The number of likely N-dealkylation sites (N-methyl/N-ethyl adjacent to an activating group) is 1. The first-order valence-corrected chi connectivity index (χ1v) is 11.7. The summed E-state index contributed by atoms with van der Waals surface area (Å²) in [5.74, 6) is -1.12. The molecule has 0 radical (unpaired) electrons. The van der Waals surface area contributed by atoms with Crippen molar-refractivity contribution < 1.29 is 19.4 Å². The molecule has 1 amide bonds. The van der Waals surface area contributed by atoms with Crippen LogP contribution >= 0.6 is 0 Å². The summed E-state index contributed by atoms with van der Waals surface area (Å²) in [6, 6.07) is 8.41. The molecule has 2 heterocycles. The minimum atomic E-state index is -0.729. The lowest BCUT2D eigenvalue weighted by molar-refractivity contribution is -0.140. The highest BCUT2D eigenvalue weighted by atomic mass is 16.5. The van der Waals surface area contributed by atoms with E-state index >= 15 is 0 Å². The number of ether oxygens (including phenoxy) is 1. The lowest BCUT2D eigenvalue weighted by Crippen LogP contribution is -2.38. The Hall–Kier alpha value is -3.19. The van der Waals surface area contributed by atoms with Crippen LogP contribution in [-0.4, -0.2) is 64.9 Å². The second kappa shape index (κ2) is 10.4. The number of rotatable bonds is 8. The summed E-state index contributed by atoms with van der Waals surface area (Å²) < 4.78 is 5.51. The summed E-state index contributed by atoms with van der Waals surface area (Å²) in [7, 11) is 1.52. The van der Waals surface area contributed by atoms with Crippen LogP contribution in [-0.2, 0) is 15.0 Å². The Bertz CT molecular complexity index is 1070. The zero-order chi connectivity index (χ0) is 25.0. The van der Waals surface area contributed by atoms with Gasteiger partial charge in [-0.05, 0) is 47.8 Å². The molecule has 1 aliphatic heterocycles. The molecule has 7 nitrogen and oxygen atoms in total. The molecule has 1 N–H and O–H groups in total. The Morgan fingerprint density at radius 1 is 1.18 bits per heavy atom. The first kappa shape index (κ1) is 25.4. The number of hydrogen-bond acceptors (Lipinski definition) is 6. The topological polar surface area (TPSA) is 83.0 Å². The molecule has 7 heteroatoms. The molecule has 2 aromatic rings. The van der Waals surface area contributed by atoms with E-state index in [0.29, 0.717) is 30.0 Å². The molecule has 0 spiro atoms. The van der Waals surface area contributed by atoms with Gasteiger partial charge in [-0.25, -0.2) is 0 Å². The minimum absolute atomic E-state index is 0.0573. The number of aromatic nitrogens is 1. The van der Waals surface area contributed by atoms with E-state index < -0.39 is 17.7 Å². The highest BCUT2D eigenvalue weighted by molar-refractivity contribution is 6.46. The van der Waals surface area contributed by atoms with Crippen molar-refractivity contribution in [2.45, 2.75) is 46.1 Å². The van der Waals surface area contributed by atoms with E-state index in [-0.39, 0.29) is 16.7 Å². The number of aliphatic hydroxyl groups excluding tert-OH is 1. The normalized spacial score (nSPS) is 18.1. The van der Waals surface area contributed by atoms with Gasteiger partial charge in [-0.15, -0.1) is 0 Å². The van der Waals surface area contributed by atoms with Crippen LogP contribution in [0.5, 0.6) is 5.75 Å². The number of amides is 1. The fourth-order valence-corrected chi connectivity index (χ4v) is 4.29. The molecule has 1 unspecified atom stereocenters. The number of hydrogen-bond donors (Lipinski definition) is 1. The summed E-state index contributed by atoms with van der Waals surface area (Å²) in [6.45, 7) is 13.0. The van der Waals surface area contributed by atoms with E-state index in [1.165, 1.54) is 7.11 Å². The number of methoxy groups -OCH3 is 1. The Morgan fingerprint density at radius 2 is 1.88 bits per heavy atom. The van der Waals surface area contributed by atoms with Gasteiger partial charge in [-0.1, -0.05) is 46.8 Å². The molecule has 0 saturated carbocycles. The number of carbonyl (C=O) groups excluding carboxylic acids is 2. The van der Waals surface area contributed by atoms with Crippen LogP contribution < -0.4 is 4.74 Å². The third-order valence-electron chi connectivity index (χ3n) is 6.41. The zero-order valence-corrected chi connectivity index (χ0v) is 21.0. The van der Waals surface area contributed by atoms with Gasteiger partial charge in [-0.2, -0.15) is 0 Å². The molecular weight excluding hydrogens is 430 g/mol. The average Bonchev–Trinajstić information content (AvgIpc) is 3.08. The van der Waals surface area contributed by atoms with Crippen molar-refractivity contribution in [1.82, 2.24) is 14.8 Å². The Balaban J connectivity index is 2.18. The van der Waals surface area contributed by atoms with Crippen molar-refractivity contribution in [3.63, 3.8) is 0 Å². The van der Waals surface area contributed by atoms with Crippen molar-refractivity contribution in [3.8, 4) is 5.75 Å². The molecule has 1 atom stereocenters. The van der Waals surface area contributed by atoms with E-state index in [1.807, 2.05) is 18.2 Å². The largest absolute Gasteiger partial charge is 0.507 e. The molecular formula is C27H35N3O4. The second-order valence-corrected chi connectivity index (χ2v) is 9.47. The van der Waals surface area contributed by atoms with Gasteiger partial charge < -0.3 is 19.6 Å². The van der Waals surface area contributed by atoms with E-state index in [9.17, 15) is 14.7 Å². The number of ketones is 1. The lowest BCUT2D eigenvalue weighted by atomic mass is 9.85. The van der Waals surface area contributed by atoms with Crippen molar-refractivity contribution in [2.75, 3.05) is 33.3 Å². The number of aliphatic hydroxyl groups is 1. The Labute approximate surface area is 202 Å². The maximum atomic E-state index is 13.3. The number of carbonyl (C=O) groups is 2. The van der Waals surface area contributed by atoms with Crippen molar-refractivity contribution in [1.29, 1.82) is 0 Å². The standard InChI is InChI=1S/C27H35N3O4/c1-7-29(8-2)14-15-30-23(18-10-9-13-28-17-18)22(25(32)26(30)33)24(31)20-16-19(27(3,4)5)11-12-21(20)34-6/h9-13,16-17,23,31H,7-8,14-15H2,1-6H3/b24-22+. The number of nitrogens with zero attached hydrogens (tertiary/aromatic N) is 3. The Kier molecular flexibility index (Phi) is 7.77. The smallest absolute Gasteiger partial charge is 0.295 e. The van der Waals surface area contributed by atoms with Crippen LogP contribution in [0.3, 0.4) is 0 Å². The summed E-state index contributed by atoms with van der Waals surface area (Å²) in [5, 5.41) is 11.5. The molecule has 0 aliphatic carbocycles.